The Morgan fingerprint density at radius 3 is 2.67 bits per heavy atom. The van der Waals surface area contributed by atoms with Crippen LogP contribution < -0.4 is 0 Å². The first kappa shape index (κ1) is 3.75. The van der Waals surface area contributed by atoms with E-state index < -0.39 is 0 Å². The zero-order valence-corrected chi connectivity index (χ0v) is 4.03. The molecule has 0 aromatic heterocycles. The van der Waals surface area contributed by atoms with Crippen LogP contribution in [0.15, 0.2) is 17.1 Å². The third-order valence-corrected chi connectivity index (χ3v) is 1.24. The van der Waals surface area contributed by atoms with E-state index in [1.807, 2.05) is 17.5 Å². The third kappa shape index (κ3) is 0.546. The van der Waals surface area contributed by atoms with Crippen LogP contribution in [0.2, 0.25) is 0 Å². The lowest BCUT2D eigenvalue weighted by Gasteiger charge is -1.66. The molecule has 0 radical (unpaired) electrons. The topological polar surface area (TPSA) is 0 Å². The van der Waals surface area contributed by atoms with E-state index >= 15 is 0 Å². The van der Waals surface area contributed by atoms with E-state index in [0.29, 0.717) is 0 Å². The summed E-state index contributed by atoms with van der Waals surface area (Å²) in [4.78, 5) is 0.884. The minimum atomic E-state index is 0.884. The molecular weight excluding hydrogens is 93.1 g/mol. The molecule has 0 N–H and O–H groups in total. The van der Waals surface area contributed by atoms with Crippen molar-refractivity contribution in [2.24, 2.45) is 0 Å². The number of allylic oxidation sites excluding steroid dienone is 2. The van der Waals surface area contributed by atoms with Gasteiger partial charge in [0.1, 0.15) is 0 Å². The summed E-state index contributed by atoms with van der Waals surface area (Å²) >= 11 is 1.56. The van der Waals surface area contributed by atoms with Crippen molar-refractivity contribution in [3.63, 3.8) is 0 Å². The first-order chi connectivity index (χ1) is 2.89. The van der Waals surface area contributed by atoms with Crippen LogP contribution in [0.4, 0.5) is 0 Å². The SMILES string of the molecule is [CH-]=[13C]1C=CC=[S+]1. The second-order valence-corrected chi connectivity index (χ2v) is 1.99. The van der Waals surface area contributed by atoms with Crippen molar-refractivity contribution in [1.29, 1.82) is 0 Å². The van der Waals surface area contributed by atoms with E-state index in [4.69, 9.17) is 6.58 Å². The first-order valence-electron chi connectivity index (χ1n) is 1.68. The van der Waals surface area contributed by atoms with E-state index in [-0.39, 0.29) is 0 Å². The summed E-state index contributed by atoms with van der Waals surface area (Å²) in [6.07, 6.45) is 3.81. The molecule has 0 saturated carbocycles. The zero-order valence-electron chi connectivity index (χ0n) is 3.22. The van der Waals surface area contributed by atoms with Crippen molar-refractivity contribution >= 4 is 16.7 Å². The molecule has 0 amide bonds. The molecule has 30 valence electrons. The number of hydrogen-bond acceptors (Lipinski definition) is 0. The minimum Gasteiger partial charge on any atom is -0.224 e. The molecule has 0 unspecified atom stereocenters. The molecule has 1 heterocycles. The van der Waals surface area contributed by atoms with Crippen LogP contribution >= 0.6 is 0 Å². The predicted molar refractivity (Wildman–Crippen MR) is 30.4 cm³/mol. The molecule has 0 nitrogen and oxygen atoms in total. The van der Waals surface area contributed by atoms with Crippen molar-refractivity contribution in [1.82, 2.24) is 0 Å². The van der Waals surface area contributed by atoms with Crippen LogP contribution in [0.5, 0.6) is 0 Å². The molecule has 1 rings (SSSR count). The Morgan fingerprint density at radius 1 is 1.67 bits per heavy atom. The fourth-order valence-electron chi connectivity index (χ4n) is 0.291. The molecule has 0 aromatic rings. The summed E-state index contributed by atoms with van der Waals surface area (Å²) in [6, 6.07) is 0. The lowest BCUT2D eigenvalue weighted by molar-refractivity contribution is 2.02. The highest BCUT2D eigenvalue weighted by molar-refractivity contribution is 7.82. The quantitative estimate of drug-likeness (QED) is 0.181. The summed E-state index contributed by atoms with van der Waals surface area (Å²) in [5.74, 6) is 0. The molecular formula is C5H4S. The molecule has 0 aromatic carbocycles. The van der Waals surface area contributed by atoms with Crippen molar-refractivity contribution in [2.75, 3.05) is 0 Å². The van der Waals surface area contributed by atoms with Gasteiger partial charge in [-0.05, 0) is 0 Å². The van der Waals surface area contributed by atoms with Gasteiger partial charge in [-0.25, -0.2) is 6.58 Å². The average Bonchev–Trinajstić information content (AvgIpc) is 1.86. The van der Waals surface area contributed by atoms with Gasteiger partial charge in [-0.2, -0.15) is 0 Å². The number of rotatable bonds is 0. The molecule has 1 aliphatic heterocycles. The van der Waals surface area contributed by atoms with E-state index in [9.17, 15) is 0 Å². The van der Waals surface area contributed by atoms with Crippen LogP contribution in [-0.4, -0.2) is 5.37 Å². The Labute approximate surface area is 41.1 Å². The molecule has 0 fully saturated rings. The monoisotopic (exact) mass is 97.0 g/mol. The molecule has 0 bridgehead atoms. The van der Waals surface area contributed by atoms with Gasteiger partial charge in [-0.1, -0.05) is 6.08 Å². The summed E-state index contributed by atoms with van der Waals surface area (Å²) in [5, 5.41) is 1.95. The highest BCUT2D eigenvalue weighted by Gasteiger charge is 1.89. The largest absolute Gasteiger partial charge is 0.224 e. The summed E-state index contributed by atoms with van der Waals surface area (Å²) < 4.78 is 0. The molecule has 0 atom stereocenters. The Bertz CT molecular complexity index is 106. The maximum atomic E-state index is 5.30. The van der Waals surface area contributed by atoms with E-state index in [1.54, 1.807) is 11.4 Å². The van der Waals surface area contributed by atoms with E-state index in [1.165, 1.54) is 0 Å². The Kier molecular flexibility index (Phi) is 0.843. The first-order valence-corrected chi connectivity index (χ1v) is 2.56. The van der Waals surface area contributed by atoms with E-state index in [2.05, 4.69) is 0 Å². The molecule has 0 spiro atoms. The van der Waals surface area contributed by atoms with Crippen LogP contribution in [0.1, 0.15) is 0 Å². The van der Waals surface area contributed by atoms with Gasteiger partial charge in [0.15, 0.2) is 16.7 Å². The Balaban J connectivity index is 2.86. The van der Waals surface area contributed by atoms with Crippen molar-refractivity contribution in [3.05, 3.63) is 23.6 Å². The van der Waals surface area contributed by atoms with Gasteiger partial charge in [0.05, 0.1) is 4.91 Å². The highest BCUT2D eigenvalue weighted by atomic mass is 32.1. The fraction of sp³-hybridized carbons (Fsp3) is 0. The van der Waals surface area contributed by atoms with Crippen molar-refractivity contribution in [2.45, 2.75) is 0 Å². The van der Waals surface area contributed by atoms with Crippen molar-refractivity contribution < 1.29 is 0 Å². The van der Waals surface area contributed by atoms with Gasteiger partial charge in [0, 0.05) is 0 Å². The summed E-state index contributed by atoms with van der Waals surface area (Å²) in [5.41, 5.74) is 0. The van der Waals surface area contributed by atoms with Crippen LogP contribution in [-0.2, 0) is 11.4 Å². The molecule has 1 heteroatoms. The van der Waals surface area contributed by atoms with Crippen LogP contribution in [0.3, 0.4) is 0 Å². The smallest absolute Gasteiger partial charge is 0.176 e. The van der Waals surface area contributed by atoms with Gasteiger partial charge < -0.3 is 0 Å². The maximum absolute atomic E-state index is 5.30. The number of hydrogen-bond donors (Lipinski definition) is 0. The second-order valence-electron chi connectivity index (χ2n) is 1.02. The van der Waals surface area contributed by atoms with Crippen LogP contribution in [0.25, 0.3) is 0 Å². The predicted octanol–water partition coefficient (Wildman–Crippen LogP) is 0.758. The molecule has 0 aliphatic carbocycles. The van der Waals surface area contributed by atoms with Gasteiger partial charge >= 0.3 is 0 Å². The van der Waals surface area contributed by atoms with Crippen LogP contribution in [0, 0.1) is 6.58 Å². The lowest BCUT2D eigenvalue weighted by atomic mass is 10.7. The molecule has 0 saturated heterocycles. The summed E-state index contributed by atoms with van der Waals surface area (Å²) in [7, 11) is 0. The maximum Gasteiger partial charge on any atom is 0.176 e. The fourth-order valence-corrected chi connectivity index (χ4v) is 0.763. The molecule has 6 heavy (non-hydrogen) atoms. The van der Waals surface area contributed by atoms with E-state index in [0.717, 1.165) is 4.91 Å². The van der Waals surface area contributed by atoms with Gasteiger partial charge in [-0.15, -0.1) is 6.08 Å². The summed E-state index contributed by atoms with van der Waals surface area (Å²) in [6.45, 7) is 5.30. The molecule has 1 aliphatic rings. The van der Waals surface area contributed by atoms with Crippen molar-refractivity contribution in [3.8, 4) is 0 Å². The van der Waals surface area contributed by atoms with Gasteiger partial charge in [-0.3, -0.25) is 0 Å². The minimum absolute atomic E-state index is 0.884. The lowest BCUT2D eigenvalue weighted by Crippen LogP contribution is -1.57. The zero-order chi connectivity index (χ0) is 4.41. The average molecular weight is 97.1 g/mol. The van der Waals surface area contributed by atoms with Gasteiger partial charge in [0.25, 0.3) is 0 Å². The highest BCUT2D eigenvalue weighted by Crippen LogP contribution is 1.93. The second kappa shape index (κ2) is 1.35. The van der Waals surface area contributed by atoms with Gasteiger partial charge in [0.2, 0.25) is 0 Å². The standard InChI is InChI=1S/C5H4S/c1-5-3-2-4-6-5/h1-4H/i5+1. The Morgan fingerprint density at radius 2 is 2.50 bits per heavy atom. The third-order valence-electron chi connectivity index (χ3n) is 0.543. The normalized spacial score (nSPS) is 17.0. The Hall–Kier alpha value is -0.430.